The molecule has 0 radical (unpaired) electrons. The van der Waals surface area contributed by atoms with Crippen LogP contribution in [-0.2, 0) is 14.3 Å². The maximum Gasteiger partial charge on any atom is 0.239 e. The van der Waals surface area contributed by atoms with E-state index in [1.165, 1.54) is 0 Å². The van der Waals surface area contributed by atoms with Gasteiger partial charge in [-0.25, -0.2) is 0 Å². The Morgan fingerprint density at radius 1 is 1.25 bits per heavy atom. The Labute approximate surface area is 142 Å². The molecule has 6 nitrogen and oxygen atoms in total. The van der Waals surface area contributed by atoms with E-state index < -0.39 is 5.41 Å². The van der Waals surface area contributed by atoms with Crippen LogP contribution in [0, 0.1) is 5.41 Å². The summed E-state index contributed by atoms with van der Waals surface area (Å²) in [5, 5.41) is 5.59. The zero-order valence-corrected chi connectivity index (χ0v) is 14.6. The summed E-state index contributed by atoms with van der Waals surface area (Å²) in [4.78, 5) is 24.8. The first-order valence-electron chi connectivity index (χ1n) is 8.37. The molecule has 1 unspecified atom stereocenters. The highest BCUT2D eigenvalue weighted by molar-refractivity contribution is 6.09. The minimum Gasteiger partial charge on any atom is -0.494 e. The van der Waals surface area contributed by atoms with E-state index in [4.69, 9.17) is 9.47 Å². The number of hydrogen-bond donors (Lipinski definition) is 2. The van der Waals surface area contributed by atoms with Crippen molar-refractivity contribution in [3.63, 3.8) is 0 Å². The quantitative estimate of drug-likeness (QED) is 0.751. The topological polar surface area (TPSA) is 76.7 Å². The maximum atomic E-state index is 12.4. The second-order valence-corrected chi connectivity index (χ2v) is 6.38. The lowest BCUT2D eigenvalue weighted by Crippen LogP contribution is -2.47. The van der Waals surface area contributed by atoms with Crippen LogP contribution in [0.4, 0.5) is 5.69 Å². The van der Waals surface area contributed by atoms with Crippen LogP contribution in [0.25, 0.3) is 0 Å². The van der Waals surface area contributed by atoms with Gasteiger partial charge in [0.25, 0.3) is 0 Å². The zero-order valence-electron chi connectivity index (χ0n) is 14.6. The lowest BCUT2D eigenvalue weighted by atomic mass is 9.91. The number of rotatable bonds is 7. The average molecular weight is 334 g/mol. The molecule has 0 aromatic heterocycles. The number of hydrogen-bond acceptors (Lipinski definition) is 4. The normalized spacial score (nSPS) is 17.4. The summed E-state index contributed by atoms with van der Waals surface area (Å²) >= 11 is 0. The van der Waals surface area contributed by atoms with Crippen molar-refractivity contribution in [3.05, 3.63) is 24.3 Å². The molecule has 2 rings (SSSR count). The van der Waals surface area contributed by atoms with Gasteiger partial charge in [-0.2, -0.15) is 0 Å². The first-order chi connectivity index (χ1) is 11.4. The highest BCUT2D eigenvalue weighted by atomic mass is 16.5. The van der Waals surface area contributed by atoms with Gasteiger partial charge in [-0.3, -0.25) is 9.59 Å². The van der Waals surface area contributed by atoms with E-state index in [1.54, 1.807) is 38.1 Å². The van der Waals surface area contributed by atoms with Crippen LogP contribution in [0.15, 0.2) is 24.3 Å². The van der Waals surface area contributed by atoms with Gasteiger partial charge in [0.15, 0.2) is 0 Å². The molecule has 1 aromatic carbocycles. The molecule has 1 aliphatic heterocycles. The molecule has 1 atom stereocenters. The summed E-state index contributed by atoms with van der Waals surface area (Å²) in [6.07, 6.45) is 2.01. The van der Waals surface area contributed by atoms with Crippen molar-refractivity contribution >= 4 is 17.5 Å². The van der Waals surface area contributed by atoms with E-state index in [1.807, 2.05) is 6.92 Å². The van der Waals surface area contributed by atoms with Crippen molar-refractivity contribution < 1.29 is 19.1 Å². The van der Waals surface area contributed by atoms with Gasteiger partial charge in [0.05, 0.1) is 12.7 Å². The van der Waals surface area contributed by atoms with E-state index in [0.717, 1.165) is 25.2 Å². The first kappa shape index (κ1) is 18.3. The van der Waals surface area contributed by atoms with Crippen molar-refractivity contribution in [2.24, 2.45) is 5.41 Å². The predicted molar refractivity (Wildman–Crippen MR) is 92.0 cm³/mol. The molecule has 1 aromatic rings. The standard InChI is InChI=1S/C18H26N2O4/c1-4-23-14-9-7-13(8-10-14)20-17(22)18(2,3)16(21)19-12-15-6-5-11-24-15/h7-10,15H,4-6,11-12H2,1-3H3,(H,19,21)(H,20,22). The van der Waals surface area contributed by atoms with Crippen LogP contribution in [0.5, 0.6) is 5.75 Å². The van der Waals surface area contributed by atoms with E-state index in [0.29, 0.717) is 18.8 Å². The van der Waals surface area contributed by atoms with Crippen LogP contribution in [0.1, 0.15) is 33.6 Å². The summed E-state index contributed by atoms with van der Waals surface area (Å²) in [7, 11) is 0. The minimum atomic E-state index is -1.17. The fraction of sp³-hybridized carbons (Fsp3) is 0.556. The van der Waals surface area contributed by atoms with Gasteiger partial charge in [0, 0.05) is 18.8 Å². The van der Waals surface area contributed by atoms with E-state index in [-0.39, 0.29) is 17.9 Å². The van der Waals surface area contributed by atoms with Gasteiger partial charge in [-0.15, -0.1) is 0 Å². The second-order valence-electron chi connectivity index (χ2n) is 6.38. The van der Waals surface area contributed by atoms with Crippen molar-refractivity contribution in [2.45, 2.75) is 39.7 Å². The summed E-state index contributed by atoms with van der Waals surface area (Å²) in [5.74, 6) is 0.0852. The van der Waals surface area contributed by atoms with E-state index in [9.17, 15) is 9.59 Å². The lowest BCUT2D eigenvalue weighted by molar-refractivity contribution is -0.138. The molecule has 0 bridgehead atoms. The summed E-state index contributed by atoms with van der Waals surface area (Å²) in [6, 6.07) is 7.07. The highest BCUT2D eigenvalue weighted by Crippen LogP contribution is 2.21. The fourth-order valence-electron chi connectivity index (χ4n) is 2.42. The van der Waals surface area contributed by atoms with Gasteiger partial charge in [0.1, 0.15) is 11.2 Å². The third kappa shape index (κ3) is 4.71. The van der Waals surface area contributed by atoms with Crippen LogP contribution in [0.2, 0.25) is 0 Å². The van der Waals surface area contributed by atoms with Crippen LogP contribution in [0.3, 0.4) is 0 Å². The number of carbonyl (C=O) groups is 2. The molecular weight excluding hydrogens is 308 g/mol. The zero-order chi connectivity index (χ0) is 17.6. The summed E-state index contributed by atoms with van der Waals surface area (Å²) in [6.45, 7) is 6.90. The van der Waals surface area contributed by atoms with Crippen molar-refractivity contribution in [1.29, 1.82) is 0 Å². The number of anilines is 1. The predicted octanol–water partition coefficient (Wildman–Crippen LogP) is 2.35. The fourth-order valence-corrected chi connectivity index (χ4v) is 2.42. The number of nitrogens with one attached hydrogen (secondary N) is 2. The monoisotopic (exact) mass is 334 g/mol. The van der Waals surface area contributed by atoms with E-state index >= 15 is 0 Å². The third-order valence-electron chi connectivity index (χ3n) is 4.07. The molecular formula is C18H26N2O4. The number of ether oxygens (including phenoxy) is 2. The molecule has 1 heterocycles. The van der Waals surface area contributed by atoms with Crippen molar-refractivity contribution in [2.75, 3.05) is 25.1 Å². The van der Waals surface area contributed by atoms with Crippen molar-refractivity contribution in [3.8, 4) is 5.75 Å². The summed E-state index contributed by atoms with van der Waals surface area (Å²) < 4.78 is 10.8. The van der Waals surface area contributed by atoms with Crippen LogP contribution < -0.4 is 15.4 Å². The molecule has 6 heteroatoms. The Kier molecular flexibility index (Phi) is 6.20. The van der Waals surface area contributed by atoms with Crippen LogP contribution >= 0.6 is 0 Å². The van der Waals surface area contributed by atoms with Gasteiger partial charge in [0.2, 0.25) is 11.8 Å². The SMILES string of the molecule is CCOc1ccc(NC(=O)C(C)(C)C(=O)NCC2CCCO2)cc1. The van der Waals surface area contributed by atoms with Gasteiger partial charge in [-0.1, -0.05) is 0 Å². The van der Waals surface area contributed by atoms with Gasteiger partial charge in [-0.05, 0) is 57.9 Å². The first-order valence-corrected chi connectivity index (χ1v) is 8.37. The highest BCUT2D eigenvalue weighted by Gasteiger charge is 2.36. The maximum absolute atomic E-state index is 12.4. The second kappa shape index (κ2) is 8.15. The number of benzene rings is 1. The molecule has 2 N–H and O–H groups in total. The molecule has 1 fully saturated rings. The molecule has 0 aliphatic carbocycles. The third-order valence-corrected chi connectivity index (χ3v) is 4.07. The number of amides is 2. The Hall–Kier alpha value is -2.08. The molecule has 2 amide bonds. The minimum absolute atomic E-state index is 0.0546. The average Bonchev–Trinajstić information content (AvgIpc) is 3.08. The van der Waals surface area contributed by atoms with E-state index in [2.05, 4.69) is 10.6 Å². The molecule has 132 valence electrons. The van der Waals surface area contributed by atoms with Gasteiger partial charge < -0.3 is 20.1 Å². The number of carbonyl (C=O) groups excluding carboxylic acids is 2. The summed E-state index contributed by atoms with van der Waals surface area (Å²) in [5.41, 5.74) is -0.541. The lowest BCUT2D eigenvalue weighted by Gasteiger charge is -2.23. The molecule has 0 spiro atoms. The Bertz CT molecular complexity index is 563. The molecule has 24 heavy (non-hydrogen) atoms. The molecule has 0 saturated carbocycles. The van der Waals surface area contributed by atoms with Crippen LogP contribution in [-0.4, -0.2) is 37.7 Å². The Morgan fingerprint density at radius 3 is 2.54 bits per heavy atom. The largest absolute Gasteiger partial charge is 0.494 e. The van der Waals surface area contributed by atoms with Gasteiger partial charge >= 0.3 is 0 Å². The Morgan fingerprint density at radius 2 is 1.96 bits per heavy atom. The molecule has 1 aliphatic rings. The molecule has 1 saturated heterocycles. The smallest absolute Gasteiger partial charge is 0.239 e. The van der Waals surface area contributed by atoms with Crippen molar-refractivity contribution in [1.82, 2.24) is 5.32 Å². The Balaban J connectivity index is 1.89.